The maximum Gasteiger partial charge on any atom is 0.0651 e. The van der Waals surface area contributed by atoms with Crippen molar-refractivity contribution in [2.45, 2.75) is 13.1 Å². The lowest BCUT2D eigenvalue weighted by Crippen LogP contribution is -2.34. The summed E-state index contributed by atoms with van der Waals surface area (Å²) in [5, 5.41) is 0. The van der Waals surface area contributed by atoms with Gasteiger partial charge in [-0.05, 0) is 6.92 Å². The maximum atomic E-state index is 5.43. The summed E-state index contributed by atoms with van der Waals surface area (Å²) in [6.07, 6.45) is 0.0241. The van der Waals surface area contributed by atoms with E-state index in [0.29, 0.717) is 0 Å². The highest BCUT2D eigenvalue weighted by Gasteiger charge is 2.00. The first-order chi connectivity index (χ1) is 3.68. The SMILES string of the molecule is CC(N)N(C)SNN. The van der Waals surface area contributed by atoms with Gasteiger partial charge >= 0.3 is 0 Å². The molecule has 4 nitrogen and oxygen atoms in total. The average molecular weight is 136 g/mol. The lowest BCUT2D eigenvalue weighted by Gasteiger charge is -2.17. The van der Waals surface area contributed by atoms with E-state index in [1.807, 2.05) is 14.0 Å². The molecule has 8 heavy (non-hydrogen) atoms. The van der Waals surface area contributed by atoms with E-state index in [1.54, 1.807) is 4.31 Å². The van der Waals surface area contributed by atoms with E-state index in [9.17, 15) is 0 Å². The molecule has 0 heterocycles. The molecule has 0 spiro atoms. The van der Waals surface area contributed by atoms with Crippen molar-refractivity contribution in [1.82, 2.24) is 9.14 Å². The molecule has 0 aromatic rings. The molecule has 1 atom stereocenters. The molecule has 1 unspecified atom stereocenters. The molecule has 0 aliphatic rings. The van der Waals surface area contributed by atoms with Crippen LogP contribution in [0.3, 0.4) is 0 Å². The summed E-state index contributed by atoms with van der Waals surface area (Å²) in [4.78, 5) is 2.41. The number of hydrazine groups is 1. The van der Waals surface area contributed by atoms with Crippen LogP contribution in [0.4, 0.5) is 0 Å². The van der Waals surface area contributed by atoms with Crippen molar-refractivity contribution in [3.05, 3.63) is 0 Å². The Morgan fingerprint density at radius 1 is 1.75 bits per heavy atom. The number of nitrogens with two attached hydrogens (primary N) is 2. The van der Waals surface area contributed by atoms with Gasteiger partial charge in [-0.2, -0.15) is 4.83 Å². The minimum absolute atomic E-state index is 0.0241. The second kappa shape index (κ2) is 4.11. The van der Waals surface area contributed by atoms with Crippen molar-refractivity contribution in [1.29, 1.82) is 0 Å². The third kappa shape index (κ3) is 3.23. The second-order valence-electron chi connectivity index (χ2n) is 1.50. The summed E-state index contributed by atoms with van der Waals surface area (Å²) in [6, 6.07) is 0. The second-order valence-corrected chi connectivity index (χ2v) is 2.49. The molecule has 0 fully saturated rings. The summed E-state index contributed by atoms with van der Waals surface area (Å²) in [6.45, 7) is 1.88. The monoisotopic (exact) mass is 136 g/mol. The predicted molar refractivity (Wildman–Crippen MR) is 36.3 cm³/mol. The van der Waals surface area contributed by atoms with Gasteiger partial charge in [0.1, 0.15) is 0 Å². The Kier molecular flexibility index (Phi) is 4.20. The van der Waals surface area contributed by atoms with Gasteiger partial charge < -0.3 is 5.73 Å². The van der Waals surface area contributed by atoms with Gasteiger partial charge in [0.25, 0.3) is 0 Å². The van der Waals surface area contributed by atoms with Crippen molar-refractivity contribution < 1.29 is 0 Å². The van der Waals surface area contributed by atoms with Crippen LogP contribution in [0.1, 0.15) is 6.92 Å². The van der Waals surface area contributed by atoms with Gasteiger partial charge in [-0.15, -0.1) is 0 Å². The molecule has 0 radical (unpaired) electrons. The van der Waals surface area contributed by atoms with Gasteiger partial charge in [0, 0.05) is 19.2 Å². The first kappa shape index (κ1) is 8.19. The molecule has 0 amide bonds. The van der Waals surface area contributed by atoms with Crippen LogP contribution in [0.5, 0.6) is 0 Å². The van der Waals surface area contributed by atoms with E-state index >= 15 is 0 Å². The molecule has 0 aliphatic heterocycles. The minimum atomic E-state index is 0.0241. The van der Waals surface area contributed by atoms with Gasteiger partial charge in [-0.3, -0.25) is 5.84 Å². The van der Waals surface area contributed by atoms with E-state index in [-0.39, 0.29) is 6.17 Å². The third-order valence-corrected chi connectivity index (χ3v) is 1.50. The Balaban J connectivity index is 3.17. The summed E-state index contributed by atoms with van der Waals surface area (Å²) < 4.78 is 1.81. The largest absolute Gasteiger partial charge is 0.315 e. The normalized spacial score (nSPS) is 14.6. The fourth-order valence-corrected chi connectivity index (χ4v) is 0.499. The standard InChI is InChI=1S/C3H12N4S/c1-3(4)7(2)8-6-5/h3,6H,4-5H2,1-2H3. The van der Waals surface area contributed by atoms with Gasteiger partial charge in [-0.25, -0.2) is 4.31 Å². The van der Waals surface area contributed by atoms with E-state index < -0.39 is 0 Å². The zero-order valence-corrected chi connectivity index (χ0v) is 5.90. The van der Waals surface area contributed by atoms with Crippen LogP contribution in [0.25, 0.3) is 0 Å². The highest BCUT2D eigenvalue weighted by Crippen LogP contribution is 1.99. The fraction of sp³-hybridized carbons (Fsp3) is 1.00. The summed E-state index contributed by atoms with van der Waals surface area (Å²) >= 11 is 1.28. The Labute approximate surface area is 53.8 Å². The van der Waals surface area contributed by atoms with Crippen LogP contribution in [-0.4, -0.2) is 17.5 Å². The summed E-state index contributed by atoms with van der Waals surface area (Å²) in [5.74, 6) is 4.98. The number of nitrogens with zero attached hydrogens (tertiary/aromatic N) is 1. The Bertz CT molecular complexity index is 57.2. The molecule has 5 heteroatoms. The van der Waals surface area contributed by atoms with Crippen molar-refractivity contribution in [2.24, 2.45) is 11.6 Å². The number of nitrogens with one attached hydrogen (secondary N) is 1. The zero-order valence-electron chi connectivity index (χ0n) is 5.09. The minimum Gasteiger partial charge on any atom is -0.315 e. The van der Waals surface area contributed by atoms with Crippen LogP contribution in [0.15, 0.2) is 0 Å². The number of rotatable bonds is 3. The Hall–Kier alpha value is 0.190. The quantitative estimate of drug-likeness (QED) is 0.206. The van der Waals surface area contributed by atoms with Crippen LogP contribution in [0, 0.1) is 0 Å². The molecule has 0 aromatic carbocycles. The van der Waals surface area contributed by atoms with E-state index in [2.05, 4.69) is 4.83 Å². The van der Waals surface area contributed by atoms with E-state index in [4.69, 9.17) is 11.6 Å². The topological polar surface area (TPSA) is 67.3 Å². The van der Waals surface area contributed by atoms with Crippen molar-refractivity contribution in [3.63, 3.8) is 0 Å². The van der Waals surface area contributed by atoms with Crippen molar-refractivity contribution in [3.8, 4) is 0 Å². The first-order valence-corrected chi connectivity index (χ1v) is 3.06. The molecule has 0 aromatic heterocycles. The molecular formula is C3H12N4S. The highest BCUT2D eigenvalue weighted by molar-refractivity contribution is 7.95. The van der Waals surface area contributed by atoms with Crippen molar-refractivity contribution >= 4 is 12.1 Å². The zero-order chi connectivity index (χ0) is 6.57. The lowest BCUT2D eigenvalue weighted by atomic mass is 10.6. The van der Waals surface area contributed by atoms with Gasteiger partial charge in [-0.1, -0.05) is 0 Å². The van der Waals surface area contributed by atoms with E-state index in [0.717, 1.165) is 0 Å². The Morgan fingerprint density at radius 2 is 2.25 bits per heavy atom. The maximum absolute atomic E-state index is 5.43. The molecule has 5 N–H and O–H groups in total. The summed E-state index contributed by atoms with van der Waals surface area (Å²) in [7, 11) is 1.86. The molecule has 0 bridgehead atoms. The Morgan fingerprint density at radius 3 is 2.38 bits per heavy atom. The van der Waals surface area contributed by atoms with Crippen LogP contribution in [-0.2, 0) is 0 Å². The summed E-state index contributed by atoms with van der Waals surface area (Å²) in [5.41, 5.74) is 5.43. The van der Waals surface area contributed by atoms with Crippen LogP contribution < -0.4 is 16.4 Å². The molecule has 0 rings (SSSR count). The highest BCUT2D eigenvalue weighted by atomic mass is 32.2. The van der Waals surface area contributed by atoms with Crippen LogP contribution in [0.2, 0.25) is 0 Å². The molecule has 0 saturated carbocycles. The molecule has 0 saturated heterocycles. The first-order valence-electron chi connectivity index (χ1n) is 2.29. The van der Waals surface area contributed by atoms with E-state index in [1.165, 1.54) is 12.1 Å². The average Bonchev–Trinajstić information content (AvgIpc) is 1.67. The number of hydrogen-bond donors (Lipinski definition) is 3. The van der Waals surface area contributed by atoms with Gasteiger partial charge in [0.2, 0.25) is 0 Å². The van der Waals surface area contributed by atoms with Crippen molar-refractivity contribution in [2.75, 3.05) is 7.05 Å². The fourth-order valence-electron chi connectivity index (χ4n) is 0.166. The molecule has 0 aliphatic carbocycles. The van der Waals surface area contributed by atoms with Gasteiger partial charge in [0.05, 0.1) is 6.17 Å². The third-order valence-electron chi connectivity index (χ3n) is 0.770. The predicted octanol–water partition coefficient (Wildman–Crippen LogP) is -0.751. The number of hydrogen-bond acceptors (Lipinski definition) is 5. The lowest BCUT2D eigenvalue weighted by molar-refractivity contribution is 0.447. The smallest absolute Gasteiger partial charge is 0.0651 e. The van der Waals surface area contributed by atoms with Gasteiger partial charge in [0.15, 0.2) is 0 Å². The molecule has 50 valence electrons. The molecular weight excluding hydrogens is 124 g/mol. The van der Waals surface area contributed by atoms with Crippen LogP contribution >= 0.6 is 12.1 Å².